The lowest BCUT2D eigenvalue weighted by Crippen LogP contribution is -2.17. The van der Waals surface area contributed by atoms with Gasteiger partial charge in [0.25, 0.3) is 0 Å². The third-order valence-electron chi connectivity index (χ3n) is 4.94. The number of rotatable bonds is 28. The molecule has 0 aromatic carbocycles. The van der Waals surface area contributed by atoms with Crippen molar-refractivity contribution in [2.45, 2.75) is 111 Å². The smallest absolute Gasteiger partial charge is 0.0780 e. The van der Waals surface area contributed by atoms with Crippen molar-refractivity contribution in [2.24, 2.45) is 0 Å². The second-order valence-corrected chi connectivity index (χ2v) is 9.44. The quantitative estimate of drug-likeness (QED) is 0.114. The molecule has 0 rings (SSSR count). The van der Waals surface area contributed by atoms with Crippen LogP contribution in [0.15, 0.2) is 0 Å². The molecule has 0 spiro atoms. The molecule has 0 fully saturated rings. The Kier molecular flexibility index (Phi) is 46.5. The molecule has 0 aliphatic heterocycles. The fraction of sp³-hybridized carbons (Fsp3) is 1.00. The van der Waals surface area contributed by atoms with Gasteiger partial charge in [0.15, 0.2) is 0 Å². The molecule has 0 saturated heterocycles. The Bertz CT molecular complexity index is 377. The summed E-state index contributed by atoms with van der Waals surface area (Å²) in [6, 6.07) is 0. The van der Waals surface area contributed by atoms with Crippen molar-refractivity contribution in [2.75, 3.05) is 85.9 Å². The summed E-state index contributed by atoms with van der Waals surface area (Å²) >= 11 is 0. The van der Waals surface area contributed by atoms with Crippen molar-refractivity contribution in [3.05, 3.63) is 0 Å². The van der Waals surface area contributed by atoms with E-state index in [9.17, 15) is 0 Å². The average Bonchev–Trinajstić information content (AvgIpc) is 2.92. The van der Waals surface area contributed by atoms with Crippen molar-refractivity contribution >= 4 is 0 Å². The van der Waals surface area contributed by atoms with Gasteiger partial charge in [-0.25, -0.2) is 0 Å². The molecule has 0 radical (unpaired) electrons. The number of ether oxygens (including phenoxy) is 6. The number of aliphatic hydroxyl groups excluding tert-OH is 3. The van der Waals surface area contributed by atoms with E-state index in [-0.39, 0.29) is 25.4 Å². The van der Waals surface area contributed by atoms with Gasteiger partial charge in [0, 0.05) is 72.7 Å². The zero-order chi connectivity index (χ0) is 29.7. The molecule has 9 heteroatoms. The number of unbranched alkanes of at least 4 members (excludes halogenated alkanes) is 3. The molecule has 0 aromatic heterocycles. The summed E-state index contributed by atoms with van der Waals surface area (Å²) in [5.74, 6) is 0. The standard InChI is InChI=1S/3C10H22O3/c1-3-4-7-12-9-10(2)13-8-5-6-11;1-3-4-6-12-7-5-8-13-9-10(2)11;1-2-3-7-12-9-5-10-13-8-4-6-11/h2*10-11H,3-9H2,1-2H3;11H,2-10H2,1H3. The van der Waals surface area contributed by atoms with Crippen LogP contribution in [0.4, 0.5) is 0 Å². The fourth-order valence-electron chi connectivity index (χ4n) is 2.64. The van der Waals surface area contributed by atoms with E-state index in [1.54, 1.807) is 6.92 Å². The summed E-state index contributed by atoms with van der Waals surface area (Å²) in [4.78, 5) is 0. The van der Waals surface area contributed by atoms with Gasteiger partial charge in [0.05, 0.1) is 25.4 Å². The molecule has 9 nitrogen and oxygen atoms in total. The van der Waals surface area contributed by atoms with Gasteiger partial charge in [-0.2, -0.15) is 0 Å². The van der Waals surface area contributed by atoms with Crippen LogP contribution in [0.2, 0.25) is 0 Å². The molecular formula is C30H66O9. The van der Waals surface area contributed by atoms with Crippen LogP contribution < -0.4 is 0 Å². The van der Waals surface area contributed by atoms with E-state index in [2.05, 4.69) is 20.8 Å². The minimum Gasteiger partial charge on any atom is -0.396 e. The predicted octanol–water partition coefficient (Wildman–Crippen LogP) is 4.77. The zero-order valence-electron chi connectivity index (χ0n) is 26.2. The van der Waals surface area contributed by atoms with Gasteiger partial charge in [-0.3, -0.25) is 0 Å². The summed E-state index contributed by atoms with van der Waals surface area (Å²) in [6.07, 6.45) is 10.0. The SMILES string of the molecule is CCCCOCC(C)OCCCO.CCCCOCCCOCC(C)O.CCCCOCCCOCCCO. The highest BCUT2D eigenvalue weighted by Crippen LogP contribution is 1.96. The minimum atomic E-state index is -0.360. The Morgan fingerprint density at radius 2 is 0.821 bits per heavy atom. The van der Waals surface area contributed by atoms with E-state index < -0.39 is 0 Å². The molecule has 240 valence electrons. The van der Waals surface area contributed by atoms with Crippen LogP contribution in [0.5, 0.6) is 0 Å². The molecule has 0 aliphatic rings. The van der Waals surface area contributed by atoms with Crippen molar-refractivity contribution in [3.63, 3.8) is 0 Å². The van der Waals surface area contributed by atoms with Gasteiger partial charge in [-0.05, 0) is 58.8 Å². The molecule has 0 heterocycles. The van der Waals surface area contributed by atoms with Gasteiger partial charge in [-0.15, -0.1) is 0 Å². The maximum atomic E-state index is 8.87. The summed E-state index contributed by atoms with van der Waals surface area (Å²) in [6.45, 7) is 18.4. The third-order valence-corrected chi connectivity index (χ3v) is 4.94. The van der Waals surface area contributed by atoms with Crippen molar-refractivity contribution < 1.29 is 43.7 Å². The maximum absolute atomic E-state index is 8.87. The van der Waals surface area contributed by atoms with Gasteiger partial charge < -0.3 is 43.7 Å². The first-order valence-electron chi connectivity index (χ1n) is 15.4. The molecule has 0 aliphatic carbocycles. The molecule has 0 saturated carbocycles. The summed E-state index contributed by atoms with van der Waals surface area (Å²) in [5.41, 5.74) is 0. The molecule has 2 atom stereocenters. The molecular weight excluding hydrogens is 504 g/mol. The van der Waals surface area contributed by atoms with Crippen LogP contribution in [0, 0.1) is 0 Å². The second kappa shape index (κ2) is 42.1. The number of aliphatic hydroxyl groups is 3. The van der Waals surface area contributed by atoms with Gasteiger partial charge in [0.1, 0.15) is 0 Å². The third kappa shape index (κ3) is 50.9. The Morgan fingerprint density at radius 1 is 0.462 bits per heavy atom. The lowest BCUT2D eigenvalue weighted by molar-refractivity contribution is -0.0110. The predicted molar refractivity (Wildman–Crippen MR) is 159 cm³/mol. The lowest BCUT2D eigenvalue weighted by atomic mass is 10.3. The van der Waals surface area contributed by atoms with Crippen LogP contribution in [0.25, 0.3) is 0 Å². The number of hydrogen-bond acceptors (Lipinski definition) is 9. The summed E-state index contributed by atoms with van der Waals surface area (Å²) in [7, 11) is 0. The molecule has 39 heavy (non-hydrogen) atoms. The monoisotopic (exact) mass is 570 g/mol. The van der Waals surface area contributed by atoms with Crippen molar-refractivity contribution in [1.82, 2.24) is 0 Å². The van der Waals surface area contributed by atoms with E-state index in [1.807, 2.05) is 6.92 Å². The van der Waals surface area contributed by atoms with E-state index >= 15 is 0 Å². The van der Waals surface area contributed by atoms with E-state index in [1.165, 1.54) is 19.3 Å². The van der Waals surface area contributed by atoms with Crippen LogP contribution in [-0.4, -0.2) is 113 Å². The minimum absolute atomic E-state index is 0.142. The zero-order valence-corrected chi connectivity index (χ0v) is 26.2. The molecule has 2 unspecified atom stereocenters. The van der Waals surface area contributed by atoms with Crippen LogP contribution in [0.1, 0.15) is 98.8 Å². The van der Waals surface area contributed by atoms with Gasteiger partial charge in [0.2, 0.25) is 0 Å². The number of hydrogen-bond donors (Lipinski definition) is 3. The van der Waals surface area contributed by atoms with Gasteiger partial charge in [-0.1, -0.05) is 40.0 Å². The van der Waals surface area contributed by atoms with E-state index in [0.29, 0.717) is 39.5 Å². The average molecular weight is 571 g/mol. The molecule has 0 bridgehead atoms. The Morgan fingerprint density at radius 3 is 1.26 bits per heavy atom. The first-order valence-corrected chi connectivity index (χ1v) is 15.4. The Hall–Kier alpha value is -0.360. The van der Waals surface area contributed by atoms with Crippen molar-refractivity contribution in [3.8, 4) is 0 Å². The molecule has 0 aromatic rings. The summed E-state index contributed by atoms with van der Waals surface area (Å²) in [5, 5.41) is 25.8. The topological polar surface area (TPSA) is 116 Å². The molecule has 3 N–H and O–H groups in total. The Balaban J connectivity index is -0.000000498. The highest BCUT2D eigenvalue weighted by atomic mass is 16.5. The van der Waals surface area contributed by atoms with Crippen LogP contribution >= 0.6 is 0 Å². The van der Waals surface area contributed by atoms with Crippen molar-refractivity contribution in [1.29, 1.82) is 0 Å². The summed E-state index contributed by atoms with van der Waals surface area (Å²) < 4.78 is 31.9. The normalized spacial score (nSPS) is 12.3. The fourth-order valence-corrected chi connectivity index (χ4v) is 2.64. The first kappa shape index (κ1) is 43.1. The van der Waals surface area contributed by atoms with E-state index in [0.717, 1.165) is 78.2 Å². The molecule has 0 amide bonds. The largest absolute Gasteiger partial charge is 0.396 e. The Labute approximate surface area is 240 Å². The van der Waals surface area contributed by atoms with E-state index in [4.69, 9.17) is 43.7 Å². The second-order valence-electron chi connectivity index (χ2n) is 9.44. The highest BCUT2D eigenvalue weighted by molar-refractivity contribution is 4.47. The maximum Gasteiger partial charge on any atom is 0.0780 e. The first-order chi connectivity index (χ1) is 19.0. The van der Waals surface area contributed by atoms with Gasteiger partial charge >= 0.3 is 0 Å². The van der Waals surface area contributed by atoms with Crippen LogP contribution in [-0.2, 0) is 28.4 Å². The highest BCUT2D eigenvalue weighted by Gasteiger charge is 2.01. The van der Waals surface area contributed by atoms with Crippen LogP contribution in [0.3, 0.4) is 0 Å². The lowest BCUT2D eigenvalue weighted by Gasteiger charge is -2.12.